The van der Waals surface area contributed by atoms with Crippen LogP contribution in [-0.2, 0) is 17.6 Å². The molecule has 3 heteroatoms. The molecule has 86 valence electrons. The van der Waals surface area contributed by atoms with Gasteiger partial charge in [0, 0.05) is 18.5 Å². The second-order valence-electron chi connectivity index (χ2n) is 4.33. The number of furan rings is 1. The smallest absolute Gasteiger partial charge is 0.159 e. The molecule has 0 fully saturated rings. The number of fused-ring (bicyclic) bond motifs is 1. The van der Waals surface area contributed by atoms with Crippen molar-refractivity contribution in [1.29, 1.82) is 0 Å². The molecule has 1 aromatic heterocycles. The highest BCUT2D eigenvalue weighted by Crippen LogP contribution is 2.26. The first-order chi connectivity index (χ1) is 8.33. The Bertz CT molecular complexity index is 506. The zero-order valence-electron chi connectivity index (χ0n) is 9.35. The zero-order chi connectivity index (χ0) is 11.7. The molecule has 17 heavy (non-hydrogen) atoms. The molecule has 1 atom stereocenters. The quantitative estimate of drug-likeness (QED) is 0.875. The topological polar surface area (TPSA) is 42.2 Å². The fourth-order valence-electron chi connectivity index (χ4n) is 2.21. The Morgan fingerprint density at radius 1 is 1.35 bits per heavy atom. The van der Waals surface area contributed by atoms with Crippen molar-refractivity contribution >= 4 is 11.5 Å². The molecule has 1 aromatic carbocycles. The van der Waals surface area contributed by atoms with E-state index >= 15 is 0 Å². The van der Waals surface area contributed by atoms with E-state index in [1.807, 2.05) is 24.3 Å². The summed E-state index contributed by atoms with van der Waals surface area (Å²) >= 11 is 0. The van der Waals surface area contributed by atoms with Gasteiger partial charge in [-0.25, -0.2) is 0 Å². The van der Waals surface area contributed by atoms with Crippen LogP contribution in [0.2, 0.25) is 0 Å². The number of rotatable bonds is 3. The van der Waals surface area contributed by atoms with E-state index in [2.05, 4.69) is 11.4 Å². The molecule has 1 N–H and O–H groups in total. The highest BCUT2D eigenvalue weighted by molar-refractivity contribution is 5.90. The number of benzene rings is 1. The van der Waals surface area contributed by atoms with Crippen LogP contribution in [0.3, 0.4) is 0 Å². The number of ketones is 1. The van der Waals surface area contributed by atoms with Gasteiger partial charge in [-0.2, -0.15) is 0 Å². The van der Waals surface area contributed by atoms with Gasteiger partial charge in [0.25, 0.3) is 0 Å². The minimum Gasteiger partial charge on any atom is -0.472 e. The maximum absolute atomic E-state index is 12.1. The van der Waals surface area contributed by atoms with Crippen molar-refractivity contribution in [2.24, 2.45) is 0 Å². The normalized spacial score (nSPS) is 17.5. The highest BCUT2D eigenvalue weighted by atomic mass is 16.3. The van der Waals surface area contributed by atoms with E-state index < -0.39 is 0 Å². The standard InChI is InChI=1S/C14H13NO2/c16-14(7-10-5-6-17-9-10)13-8-11-3-1-2-4-12(11)15-13/h1-6,9,13,15H,7-8H2. The summed E-state index contributed by atoms with van der Waals surface area (Å²) in [6.07, 6.45) is 4.44. The molecule has 3 rings (SSSR count). The van der Waals surface area contributed by atoms with Gasteiger partial charge in [0.05, 0.1) is 18.6 Å². The van der Waals surface area contributed by atoms with Gasteiger partial charge in [-0.15, -0.1) is 0 Å². The number of anilines is 1. The van der Waals surface area contributed by atoms with Gasteiger partial charge in [0.2, 0.25) is 0 Å². The van der Waals surface area contributed by atoms with Crippen LogP contribution in [-0.4, -0.2) is 11.8 Å². The summed E-state index contributed by atoms with van der Waals surface area (Å²) in [4.78, 5) is 12.1. The molecule has 1 aliphatic heterocycles. The van der Waals surface area contributed by atoms with Crippen molar-refractivity contribution in [1.82, 2.24) is 0 Å². The number of hydrogen-bond donors (Lipinski definition) is 1. The van der Waals surface area contributed by atoms with E-state index in [0.717, 1.165) is 17.7 Å². The predicted molar refractivity (Wildman–Crippen MR) is 65.0 cm³/mol. The number of carbonyl (C=O) groups is 1. The third-order valence-corrected chi connectivity index (χ3v) is 3.12. The maximum atomic E-state index is 12.1. The van der Waals surface area contributed by atoms with Crippen LogP contribution >= 0.6 is 0 Å². The average Bonchev–Trinajstić information content (AvgIpc) is 2.96. The number of hydrogen-bond acceptors (Lipinski definition) is 3. The van der Waals surface area contributed by atoms with Gasteiger partial charge in [-0.1, -0.05) is 18.2 Å². The third kappa shape index (κ3) is 1.96. The molecule has 3 nitrogen and oxygen atoms in total. The first kappa shape index (κ1) is 10.1. The van der Waals surface area contributed by atoms with Crippen molar-refractivity contribution in [2.45, 2.75) is 18.9 Å². The van der Waals surface area contributed by atoms with Gasteiger partial charge in [0.1, 0.15) is 0 Å². The van der Waals surface area contributed by atoms with Gasteiger partial charge in [-0.3, -0.25) is 4.79 Å². The molecule has 0 spiro atoms. The first-order valence-electron chi connectivity index (χ1n) is 5.71. The summed E-state index contributed by atoms with van der Waals surface area (Å²) in [6, 6.07) is 9.80. The summed E-state index contributed by atoms with van der Waals surface area (Å²) in [5, 5.41) is 3.27. The Morgan fingerprint density at radius 2 is 2.24 bits per heavy atom. The predicted octanol–water partition coefficient (Wildman–Crippen LogP) is 2.43. The lowest BCUT2D eigenvalue weighted by molar-refractivity contribution is -0.119. The number of Topliss-reactive ketones (excluding diaryl/α,β-unsaturated/α-hetero) is 1. The van der Waals surface area contributed by atoms with Crippen LogP contribution in [0.5, 0.6) is 0 Å². The van der Waals surface area contributed by atoms with E-state index in [4.69, 9.17) is 4.42 Å². The van der Waals surface area contributed by atoms with Crippen LogP contribution in [0, 0.1) is 0 Å². The molecule has 0 radical (unpaired) electrons. The Morgan fingerprint density at radius 3 is 3.00 bits per heavy atom. The summed E-state index contributed by atoms with van der Waals surface area (Å²) < 4.78 is 4.97. The lowest BCUT2D eigenvalue weighted by Gasteiger charge is -2.08. The molecule has 0 aliphatic carbocycles. The minimum atomic E-state index is -0.0951. The molecule has 0 bridgehead atoms. The first-order valence-corrected chi connectivity index (χ1v) is 5.71. The fraction of sp³-hybridized carbons (Fsp3) is 0.214. The van der Waals surface area contributed by atoms with Crippen molar-refractivity contribution in [3.05, 3.63) is 54.0 Å². The highest BCUT2D eigenvalue weighted by Gasteiger charge is 2.26. The van der Waals surface area contributed by atoms with Gasteiger partial charge in [-0.05, 0) is 23.3 Å². The number of carbonyl (C=O) groups excluding carboxylic acids is 1. The van der Waals surface area contributed by atoms with Crippen molar-refractivity contribution in [3.8, 4) is 0 Å². The molecule has 0 saturated heterocycles. The van der Waals surface area contributed by atoms with Crippen LogP contribution in [0.25, 0.3) is 0 Å². The number of nitrogens with one attached hydrogen (secondary N) is 1. The van der Waals surface area contributed by atoms with Crippen LogP contribution < -0.4 is 5.32 Å². The van der Waals surface area contributed by atoms with Crippen LogP contribution in [0.1, 0.15) is 11.1 Å². The van der Waals surface area contributed by atoms with Crippen molar-refractivity contribution < 1.29 is 9.21 Å². The fourth-order valence-corrected chi connectivity index (χ4v) is 2.21. The summed E-state index contributed by atoms with van der Waals surface area (Å²) in [5.41, 5.74) is 3.24. The molecule has 0 amide bonds. The van der Waals surface area contributed by atoms with E-state index in [0.29, 0.717) is 6.42 Å². The third-order valence-electron chi connectivity index (χ3n) is 3.12. The largest absolute Gasteiger partial charge is 0.472 e. The Kier molecular flexibility index (Phi) is 2.44. The van der Waals surface area contributed by atoms with Gasteiger partial charge in [0.15, 0.2) is 5.78 Å². The van der Waals surface area contributed by atoms with Gasteiger partial charge >= 0.3 is 0 Å². The van der Waals surface area contributed by atoms with Crippen molar-refractivity contribution in [3.63, 3.8) is 0 Å². The molecular formula is C14H13NO2. The molecule has 2 heterocycles. The Labute approximate surface area is 99.4 Å². The van der Waals surface area contributed by atoms with E-state index in [-0.39, 0.29) is 11.8 Å². The second-order valence-corrected chi connectivity index (χ2v) is 4.33. The Balaban J connectivity index is 1.70. The van der Waals surface area contributed by atoms with Crippen LogP contribution in [0.15, 0.2) is 47.3 Å². The zero-order valence-corrected chi connectivity index (χ0v) is 9.35. The van der Waals surface area contributed by atoms with Crippen LogP contribution in [0.4, 0.5) is 5.69 Å². The molecule has 2 aromatic rings. The molecule has 1 aliphatic rings. The summed E-state index contributed by atoms with van der Waals surface area (Å²) in [7, 11) is 0. The molecular weight excluding hydrogens is 214 g/mol. The second kappa shape index (κ2) is 4.09. The lowest BCUT2D eigenvalue weighted by atomic mass is 10.0. The average molecular weight is 227 g/mol. The minimum absolute atomic E-state index is 0.0951. The summed E-state index contributed by atoms with van der Waals surface area (Å²) in [6.45, 7) is 0. The van der Waals surface area contributed by atoms with E-state index in [1.54, 1.807) is 12.5 Å². The SMILES string of the molecule is O=C(Cc1ccoc1)C1Cc2ccccc2N1. The monoisotopic (exact) mass is 227 g/mol. The lowest BCUT2D eigenvalue weighted by Crippen LogP contribution is -2.28. The molecule has 1 unspecified atom stereocenters. The van der Waals surface area contributed by atoms with E-state index in [9.17, 15) is 4.79 Å². The Hall–Kier alpha value is -2.03. The van der Waals surface area contributed by atoms with E-state index in [1.165, 1.54) is 5.56 Å². The maximum Gasteiger partial charge on any atom is 0.159 e. The van der Waals surface area contributed by atoms with Crippen molar-refractivity contribution in [2.75, 3.05) is 5.32 Å². The number of para-hydroxylation sites is 1. The molecule has 0 saturated carbocycles. The summed E-state index contributed by atoms with van der Waals surface area (Å²) in [5.74, 6) is 0.211. The van der Waals surface area contributed by atoms with Gasteiger partial charge < -0.3 is 9.73 Å².